The highest BCUT2D eigenvalue weighted by Gasteiger charge is 2.11. The van der Waals surface area contributed by atoms with E-state index in [1.54, 1.807) is 24.5 Å². The van der Waals surface area contributed by atoms with E-state index in [1.807, 2.05) is 18.2 Å². The van der Waals surface area contributed by atoms with Crippen LogP contribution in [0.1, 0.15) is 18.1 Å². The van der Waals surface area contributed by atoms with Crippen molar-refractivity contribution in [2.75, 3.05) is 5.32 Å². The fourth-order valence-corrected chi connectivity index (χ4v) is 2.62. The molecule has 1 N–H and O–H groups in total. The summed E-state index contributed by atoms with van der Waals surface area (Å²) < 4.78 is 5.52. The Kier molecular flexibility index (Phi) is 4.16. The third-order valence-corrected chi connectivity index (χ3v) is 3.82. The number of carbonyl (C=O) groups is 1. The fraction of sp³-hybridized carbons (Fsp3) is 0.167. The zero-order valence-corrected chi connectivity index (χ0v) is 13.0. The molecule has 0 spiro atoms. The molecule has 0 saturated carbocycles. The van der Waals surface area contributed by atoms with Crippen molar-refractivity contribution < 1.29 is 9.21 Å². The van der Waals surface area contributed by atoms with Crippen LogP contribution in [0.2, 0.25) is 5.02 Å². The van der Waals surface area contributed by atoms with Crippen LogP contribution >= 0.6 is 11.6 Å². The van der Waals surface area contributed by atoms with Crippen LogP contribution in [0.4, 0.5) is 5.69 Å². The van der Waals surface area contributed by atoms with E-state index in [2.05, 4.69) is 18.3 Å². The molecule has 2 aromatic carbocycles. The number of anilines is 1. The number of nitrogens with one attached hydrogen (secondary N) is 1. The molecule has 3 nitrogen and oxygen atoms in total. The number of hydrogen-bond donors (Lipinski definition) is 1. The number of halogens is 1. The SMILES string of the molecule is CCc1ccc2occ(CC(=O)Nc3cccc(Cl)c3)c2c1. The molecule has 0 aliphatic carbocycles. The van der Waals surface area contributed by atoms with Gasteiger partial charge in [0.15, 0.2) is 0 Å². The lowest BCUT2D eigenvalue weighted by atomic mass is 10.1. The van der Waals surface area contributed by atoms with Crippen LogP contribution < -0.4 is 5.32 Å². The number of furan rings is 1. The Hall–Kier alpha value is -2.26. The minimum absolute atomic E-state index is 0.0909. The molecule has 0 fully saturated rings. The first kappa shape index (κ1) is 14.7. The molecule has 0 unspecified atom stereocenters. The topological polar surface area (TPSA) is 42.2 Å². The van der Waals surface area contributed by atoms with Crippen molar-refractivity contribution in [3.8, 4) is 0 Å². The van der Waals surface area contributed by atoms with E-state index in [9.17, 15) is 4.79 Å². The molecule has 3 rings (SSSR count). The molecular weight excluding hydrogens is 298 g/mol. The largest absolute Gasteiger partial charge is 0.464 e. The molecule has 0 radical (unpaired) electrons. The van der Waals surface area contributed by atoms with Gasteiger partial charge in [-0.15, -0.1) is 0 Å². The maximum atomic E-state index is 12.2. The highest BCUT2D eigenvalue weighted by Crippen LogP contribution is 2.24. The van der Waals surface area contributed by atoms with Crippen molar-refractivity contribution >= 4 is 34.2 Å². The Morgan fingerprint density at radius 2 is 2.09 bits per heavy atom. The van der Waals surface area contributed by atoms with Crippen molar-refractivity contribution in [2.45, 2.75) is 19.8 Å². The van der Waals surface area contributed by atoms with Crippen LogP contribution in [0.3, 0.4) is 0 Å². The monoisotopic (exact) mass is 313 g/mol. The number of benzene rings is 2. The average Bonchev–Trinajstić information content (AvgIpc) is 2.89. The summed E-state index contributed by atoms with van der Waals surface area (Å²) in [6, 6.07) is 13.2. The third kappa shape index (κ3) is 3.15. The summed E-state index contributed by atoms with van der Waals surface area (Å²) in [5, 5.41) is 4.45. The first-order chi connectivity index (χ1) is 10.7. The van der Waals surface area contributed by atoms with Gasteiger partial charge >= 0.3 is 0 Å². The lowest BCUT2D eigenvalue weighted by molar-refractivity contribution is -0.115. The van der Waals surface area contributed by atoms with Crippen molar-refractivity contribution in [1.82, 2.24) is 0 Å². The summed E-state index contributed by atoms with van der Waals surface area (Å²) in [5.74, 6) is -0.0909. The van der Waals surface area contributed by atoms with E-state index in [1.165, 1.54) is 5.56 Å². The summed E-state index contributed by atoms with van der Waals surface area (Å²) in [4.78, 5) is 12.2. The number of fused-ring (bicyclic) bond motifs is 1. The van der Waals surface area contributed by atoms with E-state index in [0.717, 1.165) is 23.0 Å². The van der Waals surface area contributed by atoms with Gasteiger partial charge in [0.25, 0.3) is 0 Å². The van der Waals surface area contributed by atoms with Crippen LogP contribution in [0.5, 0.6) is 0 Å². The van der Waals surface area contributed by atoms with Gasteiger partial charge in [0.05, 0.1) is 12.7 Å². The Bertz CT molecular complexity index is 823. The summed E-state index contributed by atoms with van der Waals surface area (Å²) >= 11 is 5.92. The van der Waals surface area contributed by atoms with E-state index in [4.69, 9.17) is 16.0 Å². The summed E-state index contributed by atoms with van der Waals surface area (Å²) in [6.07, 6.45) is 2.88. The quantitative estimate of drug-likeness (QED) is 0.749. The number of aryl methyl sites for hydroxylation is 1. The van der Waals surface area contributed by atoms with Gasteiger partial charge in [-0.3, -0.25) is 4.79 Å². The predicted molar refractivity (Wildman–Crippen MR) is 89.4 cm³/mol. The van der Waals surface area contributed by atoms with E-state index < -0.39 is 0 Å². The second kappa shape index (κ2) is 6.24. The first-order valence-electron chi connectivity index (χ1n) is 7.20. The first-order valence-corrected chi connectivity index (χ1v) is 7.58. The fourth-order valence-electron chi connectivity index (χ4n) is 2.43. The Morgan fingerprint density at radius 1 is 1.23 bits per heavy atom. The molecule has 0 saturated heterocycles. The molecular formula is C18H16ClNO2. The van der Waals surface area contributed by atoms with Crippen LogP contribution in [-0.4, -0.2) is 5.91 Å². The van der Waals surface area contributed by atoms with Gasteiger partial charge in [-0.1, -0.05) is 30.7 Å². The summed E-state index contributed by atoms with van der Waals surface area (Å²) in [6.45, 7) is 2.10. The second-order valence-corrected chi connectivity index (χ2v) is 5.62. The Balaban J connectivity index is 1.79. The van der Waals surface area contributed by atoms with Gasteiger partial charge in [0, 0.05) is 21.7 Å². The summed E-state index contributed by atoms with van der Waals surface area (Å²) in [5.41, 5.74) is 3.62. The molecule has 3 aromatic rings. The molecule has 1 heterocycles. The lowest BCUT2D eigenvalue weighted by Gasteiger charge is -2.05. The van der Waals surface area contributed by atoms with Crippen LogP contribution in [0, 0.1) is 0 Å². The maximum absolute atomic E-state index is 12.2. The molecule has 22 heavy (non-hydrogen) atoms. The van der Waals surface area contributed by atoms with Gasteiger partial charge in [-0.05, 0) is 42.3 Å². The highest BCUT2D eigenvalue weighted by atomic mass is 35.5. The molecule has 0 aliphatic heterocycles. The van der Waals surface area contributed by atoms with Gasteiger partial charge in [0.1, 0.15) is 5.58 Å². The Labute approximate surface area is 133 Å². The molecule has 0 aliphatic rings. The third-order valence-electron chi connectivity index (χ3n) is 3.59. The van der Waals surface area contributed by atoms with Crippen LogP contribution in [0.25, 0.3) is 11.0 Å². The zero-order valence-electron chi connectivity index (χ0n) is 12.2. The highest BCUT2D eigenvalue weighted by molar-refractivity contribution is 6.30. The lowest BCUT2D eigenvalue weighted by Crippen LogP contribution is -2.14. The molecule has 1 amide bonds. The van der Waals surface area contributed by atoms with E-state index >= 15 is 0 Å². The van der Waals surface area contributed by atoms with E-state index in [-0.39, 0.29) is 12.3 Å². The second-order valence-electron chi connectivity index (χ2n) is 5.18. The van der Waals surface area contributed by atoms with E-state index in [0.29, 0.717) is 10.7 Å². The van der Waals surface area contributed by atoms with Crippen molar-refractivity contribution in [3.63, 3.8) is 0 Å². The van der Waals surface area contributed by atoms with Gasteiger partial charge in [-0.2, -0.15) is 0 Å². The maximum Gasteiger partial charge on any atom is 0.228 e. The predicted octanol–water partition coefficient (Wildman–Crippen LogP) is 4.83. The normalized spacial score (nSPS) is 10.8. The minimum atomic E-state index is -0.0909. The molecule has 112 valence electrons. The van der Waals surface area contributed by atoms with Crippen LogP contribution in [-0.2, 0) is 17.6 Å². The van der Waals surface area contributed by atoms with Gasteiger partial charge in [0.2, 0.25) is 5.91 Å². The Morgan fingerprint density at radius 3 is 2.86 bits per heavy atom. The molecule has 0 bridgehead atoms. The van der Waals surface area contributed by atoms with Gasteiger partial charge in [-0.25, -0.2) is 0 Å². The average molecular weight is 314 g/mol. The van der Waals surface area contributed by atoms with Crippen molar-refractivity contribution in [3.05, 3.63) is 64.9 Å². The zero-order chi connectivity index (χ0) is 15.5. The van der Waals surface area contributed by atoms with Crippen molar-refractivity contribution in [2.24, 2.45) is 0 Å². The summed E-state index contributed by atoms with van der Waals surface area (Å²) in [7, 11) is 0. The van der Waals surface area contributed by atoms with Gasteiger partial charge < -0.3 is 9.73 Å². The van der Waals surface area contributed by atoms with Crippen LogP contribution in [0.15, 0.2) is 53.1 Å². The number of amides is 1. The molecule has 1 aromatic heterocycles. The van der Waals surface area contributed by atoms with Crippen molar-refractivity contribution in [1.29, 1.82) is 0 Å². The number of carbonyl (C=O) groups excluding carboxylic acids is 1. The number of hydrogen-bond acceptors (Lipinski definition) is 2. The minimum Gasteiger partial charge on any atom is -0.464 e. The molecule has 0 atom stereocenters. The smallest absolute Gasteiger partial charge is 0.228 e. The number of rotatable bonds is 4. The standard InChI is InChI=1S/C18H16ClNO2/c1-2-12-6-7-17-16(8-12)13(11-22-17)9-18(21)20-15-5-3-4-14(19)10-15/h3-8,10-11H,2,9H2,1H3,(H,20,21). The molecule has 4 heteroatoms.